The number of nitrogens with two attached hydrogens (primary N) is 1. The average molecular weight is 185 g/mol. The van der Waals surface area contributed by atoms with Crippen molar-refractivity contribution in [1.29, 1.82) is 5.26 Å². The van der Waals surface area contributed by atoms with Gasteiger partial charge in [0.05, 0.1) is 0 Å². The third kappa shape index (κ3) is 1.21. The van der Waals surface area contributed by atoms with Crippen molar-refractivity contribution in [3.8, 4) is 17.3 Å². The second-order valence-electron chi connectivity index (χ2n) is 2.75. The van der Waals surface area contributed by atoms with E-state index in [0.29, 0.717) is 5.69 Å². The zero-order valence-electron chi connectivity index (χ0n) is 7.27. The molecule has 4 heteroatoms. The monoisotopic (exact) mass is 185 g/mol. The SMILES string of the molecule is N#Cc1c(-c2ccccc2)noc1N. The maximum atomic E-state index is 8.82. The lowest BCUT2D eigenvalue weighted by molar-refractivity contribution is 0.439. The summed E-state index contributed by atoms with van der Waals surface area (Å²) in [5.74, 6) is 0.0614. The first-order valence-corrected chi connectivity index (χ1v) is 4.03. The van der Waals surface area contributed by atoms with E-state index in [-0.39, 0.29) is 11.4 Å². The Bertz CT molecular complexity index is 482. The fourth-order valence-electron chi connectivity index (χ4n) is 1.20. The fourth-order valence-corrected chi connectivity index (χ4v) is 1.20. The molecule has 0 aliphatic carbocycles. The minimum atomic E-state index is 0.0614. The number of hydrogen-bond acceptors (Lipinski definition) is 4. The molecule has 0 amide bonds. The van der Waals surface area contributed by atoms with Crippen LogP contribution in [-0.4, -0.2) is 5.16 Å². The molecule has 4 nitrogen and oxygen atoms in total. The minimum absolute atomic E-state index is 0.0614. The first-order chi connectivity index (χ1) is 6.83. The Balaban J connectivity index is 2.59. The van der Waals surface area contributed by atoms with Crippen LogP contribution in [0.25, 0.3) is 11.3 Å². The molecule has 0 fully saturated rings. The van der Waals surface area contributed by atoms with Crippen molar-refractivity contribution in [3.63, 3.8) is 0 Å². The molecule has 0 saturated heterocycles. The average Bonchev–Trinajstić information content (AvgIpc) is 2.61. The predicted molar refractivity (Wildman–Crippen MR) is 51.1 cm³/mol. The third-order valence-corrected chi connectivity index (χ3v) is 1.88. The van der Waals surface area contributed by atoms with E-state index in [0.717, 1.165) is 5.56 Å². The summed E-state index contributed by atoms with van der Waals surface area (Å²) in [7, 11) is 0. The second-order valence-corrected chi connectivity index (χ2v) is 2.75. The zero-order chi connectivity index (χ0) is 9.97. The Morgan fingerprint density at radius 3 is 2.64 bits per heavy atom. The van der Waals surface area contributed by atoms with E-state index in [1.807, 2.05) is 36.4 Å². The van der Waals surface area contributed by atoms with E-state index >= 15 is 0 Å². The summed E-state index contributed by atoms with van der Waals surface area (Å²) in [6, 6.07) is 11.3. The van der Waals surface area contributed by atoms with Gasteiger partial charge in [0.25, 0.3) is 0 Å². The molecule has 1 aromatic carbocycles. The van der Waals surface area contributed by atoms with E-state index < -0.39 is 0 Å². The number of hydrogen-bond donors (Lipinski definition) is 1. The Hall–Kier alpha value is -2.28. The number of nitrogens with zero attached hydrogens (tertiary/aromatic N) is 2. The maximum absolute atomic E-state index is 8.82. The molecule has 0 aliphatic heterocycles. The largest absolute Gasteiger partial charge is 0.366 e. The van der Waals surface area contributed by atoms with Crippen LogP contribution in [0.4, 0.5) is 5.88 Å². The van der Waals surface area contributed by atoms with Gasteiger partial charge in [0.15, 0.2) is 0 Å². The number of nitriles is 1. The normalized spacial score (nSPS) is 9.64. The second kappa shape index (κ2) is 3.23. The molecule has 0 spiro atoms. The van der Waals surface area contributed by atoms with Gasteiger partial charge in [-0.3, -0.25) is 0 Å². The van der Waals surface area contributed by atoms with Gasteiger partial charge in [-0.15, -0.1) is 0 Å². The summed E-state index contributed by atoms with van der Waals surface area (Å²) >= 11 is 0. The summed E-state index contributed by atoms with van der Waals surface area (Å²) in [6.45, 7) is 0. The highest BCUT2D eigenvalue weighted by molar-refractivity contribution is 5.70. The zero-order valence-corrected chi connectivity index (χ0v) is 7.27. The van der Waals surface area contributed by atoms with Crippen molar-refractivity contribution in [2.24, 2.45) is 0 Å². The van der Waals surface area contributed by atoms with E-state index in [1.54, 1.807) is 0 Å². The van der Waals surface area contributed by atoms with E-state index in [2.05, 4.69) is 5.16 Å². The Kier molecular flexibility index (Phi) is 1.92. The highest BCUT2D eigenvalue weighted by atomic mass is 16.5. The van der Waals surface area contributed by atoms with Crippen LogP contribution >= 0.6 is 0 Å². The van der Waals surface area contributed by atoms with Gasteiger partial charge in [-0.1, -0.05) is 35.5 Å². The standard InChI is InChI=1S/C10H7N3O/c11-6-8-9(13-14-10(8)12)7-4-2-1-3-5-7/h1-5H,12H2. The molecule has 2 rings (SSSR count). The molecule has 0 atom stereocenters. The van der Waals surface area contributed by atoms with Gasteiger partial charge < -0.3 is 10.3 Å². The topological polar surface area (TPSA) is 75.8 Å². The molecule has 2 aromatic rings. The summed E-state index contributed by atoms with van der Waals surface area (Å²) in [5, 5.41) is 12.6. The lowest BCUT2D eigenvalue weighted by atomic mass is 10.1. The van der Waals surface area contributed by atoms with Crippen molar-refractivity contribution in [3.05, 3.63) is 35.9 Å². The summed E-state index contributed by atoms with van der Waals surface area (Å²) < 4.78 is 4.75. The van der Waals surface area contributed by atoms with Gasteiger partial charge in [-0.05, 0) is 0 Å². The van der Waals surface area contributed by atoms with Gasteiger partial charge in [0.2, 0.25) is 5.88 Å². The van der Waals surface area contributed by atoms with Crippen LogP contribution in [0.2, 0.25) is 0 Å². The quantitative estimate of drug-likeness (QED) is 0.734. The van der Waals surface area contributed by atoms with Crippen molar-refractivity contribution in [1.82, 2.24) is 5.16 Å². The number of benzene rings is 1. The van der Waals surface area contributed by atoms with E-state index in [4.69, 9.17) is 15.5 Å². The van der Waals surface area contributed by atoms with Crippen LogP contribution in [0.1, 0.15) is 5.56 Å². The molecule has 0 unspecified atom stereocenters. The van der Waals surface area contributed by atoms with Crippen LogP contribution in [0, 0.1) is 11.3 Å². The number of anilines is 1. The summed E-state index contributed by atoms with van der Waals surface area (Å²) in [5.41, 5.74) is 7.04. The first kappa shape index (κ1) is 8.32. The molecule has 1 aromatic heterocycles. The molecule has 14 heavy (non-hydrogen) atoms. The smallest absolute Gasteiger partial charge is 0.240 e. The van der Waals surface area contributed by atoms with Gasteiger partial charge in [0, 0.05) is 5.56 Å². The molecule has 2 N–H and O–H groups in total. The number of rotatable bonds is 1. The Morgan fingerprint density at radius 1 is 1.29 bits per heavy atom. The van der Waals surface area contributed by atoms with Gasteiger partial charge in [-0.2, -0.15) is 5.26 Å². The summed E-state index contributed by atoms with van der Waals surface area (Å²) in [4.78, 5) is 0. The predicted octanol–water partition coefficient (Wildman–Crippen LogP) is 1.80. The van der Waals surface area contributed by atoms with E-state index in [9.17, 15) is 0 Å². The van der Waals surface area contributed by atoms with Crippen LogP contribution in [-0.2, 0) is 0 Å². The van der Waals surface area contributed by atoms with Gasteiger partial charge >= 0.3 is 0 Å². The third-order valence-electron chi connectivity index (χ3n) is 1.88. The minimum Gasteiger partial charge on any atom is -0.366 e. The van der Waals surface area contributed by atoms with Gasteiger partial charge in [-0.25, -0.2) is 0 Å². The Labute approximate surface area is 80.6 Å². The number of aromatic nitrogens is 1. The molecular formula is C10H7N3O. The van der Waals surface area contributed by atoms with Crippen LogP contribution < -0.4 is 5.73 Å². The molecular weight excluding hydrogens is 178 g/mol. The molecule has 1 heterocycles. The Morgan fingerprint density at radius 2 is 2.00 bits per heavy atom. The molecule has 0 saturated carbocycles. The summed E-state index contributed by atoms with van der Waals surface area (Å²) in [6.07, 6.45) is 0. The molecule has 0 bridgehead atoms. The molecule has 68 valence electrons. The highest BCUT2D eigenvalue weighted by Crippen LogP contribution is 2.25. The van der Waals surface area contributed by atoms with Crippen LogP contribution in [0.15, 0.2) is 34.9 Å². The lowest BCUT2D eigenvalue weighted by Crippen LogP contribution is -1.86. The van der Waals surface area contributed by atoms with Crippen LogP contribution in [0.5, 0.6) is 0 Å². The maximum Gasteiger partial charge on any atom is 0.240 e. The lowest BCUT2D eigenvalue weighted by Gasteiger charge is -1.93. The van der Waals surface area contributed by atoms with Crippen LogP contribution in [0.3, 0.4) is 0 Å². The number of nitrogen functional groups attached to an aromatic ring is 1. The fraction of sp³-hybridized carbons (Fsp3) is 0. The van der Waals surface area contributed by atoms with Crippen molar-refractivity contribution in [2.75, 3.05) is 5.73 Å². The molecule has 0 radical (unpaired) electrons. The molecule has 0 aliphatic rings. The van der Waals surface area contributed by atoms with Crippen molar-refractivity contribution >= 4 is 5.88 Å². The van der Waals surface area contributed by atoms with Crippen molar-refractivity contribution in [2.45, 2.75) is 0 Å². The van der Waals surface area contributed by atoms with E-state index in [1.165, 1.54) is 0 Å². The van der Waals surface area contributed by atoms with Crippen molar-refractivity contribution < 1.29 is 4.52 Å². The van der Waals surface area contributed by atoms with Gasteiger partial charge in [0.1, 0.15) is 17.3 Å². The highest BCUT2D eigenvalue weighted by Gasteiger charge is 2.13. The first-order valence-electron chi connectivity index (χ1n) is 4.03.